The number of likely N-dealkylation sites (tertiary alicyclic amines) is 1. The maximum atomic E-state index is 12.9. The van der Waals surface area contributed by atoms with Crippen molar-refractivity contribution in [2.45, 2.75) is 32.4 Å². The molecular formula is C15H21FN2O. The van der Waals surface area contributed by atoms with Crippen LogP contribution in [-0.4, -0.2) is 41.9 Å². The van der Waals surface area contributed by atoms with Gasteiger partial charge in [0.25, 0.3) is 0 Å². The van der Waals surface area contributed by atoms with Crippen LogP contribution >= 0.6 is 0 Å². The second kappa shape index (κ2) is 6.15. The molecule has 0 atom stereocenters. The minimum atomic E-state index is -0.239. The molecule has 1 aromatic rings. The molecule has 2 rings (SSSR count). The lowest BCUT2D eigenvalue weighted by Gasteiger charge is -2.37. The van der Waals surface area contributed by atoms with E-state index in [1.165, 1.54) is 12.1 Å². The Morgan fingerprint density at radius 3 is 2.42 bits per heavy atom. The average Bonchev–Trinajstić information content (AvgIpc) is 2.39. The normalized spacial score (nSPS) is 17.4. The summed E-state index contributed by atoms with van der Waals surface area (Å²) in [7, 11) is 2.11. The Bertz CT molecular complexity index is 424. The zero-order valence-corrected chi connectivity index (χ0v) is 11.6. The van der Waals surface area contributed by atoms with Crippen molar-refractivity contribution < 1.29 is 9.18 Å². The third-order valence-corrected chi connectivity index (χ3v) is 3.80. The number of hydrogen-bond acceptors (Lipinski definition) is 2. The van der Waals surface area contributed by atoms with Gasteiger partial charge < -0.3 is 9.80 Å². The molecule has 1 aliphatic heterocycles. The first-order valence-electron chi connectivity index (χ1n) is 6.76. The number of nitrogens with zero attached hydrogens (tertiary/aromatic N) is 2. The van der Waals surface area contributed by atoms with Crippen molar-refractivity contribution >= 4 is 5.91 Å². The number of hydrogen-bond donors (Lipinski definition) is 0. The largest absolute Gasteiger partial charge is 0.336 e. The van der Waals surface area contributed by atoms with Crippen molar-refractivity contribution in [1.29, 1.82) is 0 Å². The number of piperidine rings is 1. The zero-order chi connectivity index (χ0) is 13.8. The maximum absolute atomic E-state index is 12.9. The maximum Gasteiger partial charge on any atom is 0.219 e. The van der Waals surface area contributed by atoms with Crippen molar-refractivity contribution in [2.24, 2.45) is 0 Å². The minimum absolute atomic E-state index is 0.0962. The Kier molecular flexibility index (Phi) is 4.53. The van der Waals surface area contributed by atoms with Crippen LogP contribution in [-0.2, 0) is 11.3 Å². The Balaban J connectivity index is 2.04. The molecule has 0 spiro atoms. The van der Waals surface area contributed by atoms with Crippen LogP contribution in [0.4, 0.5) is 4.39 Å². The van der Waals surface area contributed by atoms with Gasteiger partial charge in [-0.15, -0.1) is 0 Å². The number of amides is 1. The fourth-order valence-corrected chi connectivity index (χ4v) is 2.59. The molecule has 0 unspecified atom stereocenters. The molecule has 1 heterocycles. The van der Waals surface area contributed by atoms with E-state index in [1.807, 2.05) is 4.90 Å². The van der Waals surface area contributed by atoms with E-state index < -0.39 is 0 Å². The number of carbonyl (C=O) groups excluding carboxylic acids is 1. The highest BCUT2D eigenvalue weighted by Crippen LogP contribution is 2.18. The number of rotatable bonds is 3. The summed E-state index contributed by atoms with van der Waals surface area (Å²) in [6.07, 6.45) is 2.02. The second-order valence-corrected chi connectivity index (χ2v) is 5.31. The van der Waals surface area contributed by atoms with Crippen molar-refractivity contribution in [1.82, 2.24) is 9.80 Å². The van der Waals surface area contributed by atoms with Crippen LogP contribution in [0.5, 0.6) is 0 Å². The van der Waals surface area contributed by atoms with Gasteiger partial charge in [-0.25, -0.2) is 4.39 Å². The molecule has 1 amide bonds. The molecule has 0 aromatic heterocycles. The predicted octanol–water partition coefficient (Wildman–Crippen LogP) is 2.27. The van der Waals surface area contributed by atoms with Crippen LogP contribution in [0, 0.1) is 5.82 Å². The van der Waals surface area contributed by atoms with Crippen molar-refractivity contribution in [2.75, 3.05) is 20.1 Å². The molecular weight excluding hydrogens is 243 g/mol. The van der Waals surface area contributed by atoms with Gasteiger partial charge in [-0.05, 0) is 50.7 Å². The van der Waals surface area contributed by atoms with Crippen LogP contribution in [0.2, 0.25) is 0 Å². The highest BCUT2D eigenvalue weighted by atomic mass is 19.1. The van der Waals surface area contributed by atoms with E-state index in [4.69, 9.17) is 0 Å². The van der Waals surface area contributed by atoms with Crippen LogP contribution in [0.15, 0.2) is 24.3 Å². The smallest absolute Gasteiger partial charge is 0.219 e. The van der Waals surface area contributed by atoms with Gasteiger partial charge in [-0.2, -0.15) is 0 Å². The van der Waals surface area contributed by atoms with Crippen LogP contribution < -0.4 is 0 Å². The van der Waals surface area contributed by atoms with Gasteiger partial charge in [-0.3, -0.25) is 4.79 Å². The summed E-state index contributed by atoms with van der Waals surface area (Å²) < 4.78 is 12.9. The lowest BCUT2D eigenvalue weighted by molar-refractivity contribution is -0.132. The summed E-state index contributed by atoms with van der Waals surface area (Å²) in [5.41, 5.74) is 0.982. The first kappa shape index (κ1) is 14.0. The van der Waals surface area contributed by atoms with E-state index in [0.29, 0.717) is 12.6 Å². The molecule has 104 valence electrons. The topological polar surface area (TPSA) is 23.6 Å². The fraction of sp³-hybridized carbons (Fsp3) is 0.533. The van der Waals surface area contributed by atoms with Crippen molar-refractivity contribution in [3.8, 4) is 0 Å². The van der Waals surface area contributed by atoms with Crippen molar-refractivity contribution in [3.05, 3.63) is 35.6 Å². The van der Waals surface area contributed by atoms with Crippen LogP contribution in [0.25, 0.3) is 0 Å². The van der Waals surface area contributed by atoms with E-state index >= 15 is 0 Å². The minimum Gasteiger partial charge on any atom is -0.336 e. The Hall–Kier alpha value is -1.42. The first-order chi connectivity index (χ1) is 9.06. The Morgan fingerprint density at radius 1 is 1.32 bits per heavy atom. The van der Waals surface area contributed by atoms with Gasteiger partial charge in [-0.1, -0.05) is 12.1 Å². The zero-order valence-electron chi connectivity index (χ0n) is 11.6. The molecule has 19 heavy (non-hydrogen) atoms. The van der Waals surface area contributed by atoms with Gasteiger partial charge in [0.2, 0.25) is 5.91 Å². The van der Waals surface area contributed by atoms with Crippen LogP contribution in [0.1, 0.15) is 25.3 Å². The summed E-state index contributed by atoms with van der Waals surface area (Å²) in [5.74, 6) is -0.142. The molecule has 0 bridgehead atoms. The number of benzene rings is 1. The van der Waals surface area contributed by atoms with E-state index in [9.17, 15) is 9.18 Å². The molecule has 4 heteroatoms. The molecule has 1 aromatic carbocycles. The molecule has 3 nitrogen and oxygen atoms in total. The number of carbonyl (C=O) groups is 1. The second-order valence-electron chi connectivity index (χ2n) is 5.31. The molecule has 1 aliphatic rings. The molecule has 0 aliphatic carbocycles. The van der Waals surface area contributed by atoms with Gasteiger partial charge in [0, 0.05) is 19.5 Å². The van der Waals surface area contributed by atoms with E-state index in [0.717, 1.165) is 31.5 Å². The van der Waals surface area contributed by atoms with Crippen LogP contribution in [0.3, 0.4) is 0 Å². The van der Waals surface area contributed by atoms with E-state index in [-0.39, 0.29) is 11.7 Å². The molecule has 0 N–H and O–H groups in total. The highest BCUT2D eigenvalue weighted by Gasteiger charge is 2.24. The third kappa shape index (κ3) is 3.77. The Morgan fingerprint density at radius 2 is 1.89 bits per heavy atom. The van der Waals surface area contributed by atoms with Gasteiger partial charge in [0.15, 0.2) is 0 Å². The highest BCUT2D eigenvalue weighted by molar-refractivity contribution is 5.73. The summed E-state index contributed by atoms with van der Waals surface area (Å²) in [4.78, 5) is 16.0. The molecule has 0 radical (unpaired) electrons. The first-order valence-corrected chi connectivity index (χ1v) is 6.76. The van der Waals surface area contributed by atoms with E-state index in [1.54, 1.807) is 19.1 Å². The quantitative estimate of drug-likeness (QED) is 0.836. The van der Waals surface area contributed by atoms with Crippen molar-refractivity contribution in [3.63, 3.8) is 0 Å². The summed E-state index contributed by atoms with van der Waals surface area (Å²) in [6.45, 7) is 4.24. The fourth-order valence-electron chi connectivity index (χ4n) is 2.59. The van der Waals surface area contributed by atoms with Gasteiger partial charge >= 0.3 is 0 Å². The predicted molar refractivity (Wildman–Crippen MR) is 73.1 cm³/mol. The molecule has 1 saturated heterocycles. The lowest BCUT2D eigenvalue weighted by atomic mass is 10.0. The third-order valence-electron chi connectivity index (χ3n) is 3.80. The van der Waals surface area contributed by atoms with Gasteiger partial charge in [0.1, 0.15) is 5.82 Å². The Labute approximate surface area is 114 Å². The average molecular weight is 264 g/mol. The summed E-state index contributed by atoms with van der Waals surface area (Å²) in [5, 5.41) is 0. The standard InChI is InChI=1S/C15H21FN2O/c1-12(19)18(15-7-9-17(2)10-8-15)11-13-3-5-14(16)6-4-13/h3-6,15H,7-11H2,1-2H3. The number of halogens is 1. The van der Waals surface area contributed by atoms with E-state index in [2.05, 4.69) is 11.9 Å². The molecule has 1 fully saturated rings. The summed E-state index contributed by atoms with van der Waals surface area (Å²) in [6, 6.07) is 6.70. The lowest BCUT2D eigenvalue weighted by Crippen LogP contribution is -2.45. The SMILES string of the molecule is CC(=O)N(Cc1ccc(F)cc1)C1CCN(C)CC1. The molecule has 0 saturated carbocycles. The monoisotopic (exact) mass is 264 g/mol. The van der Waals surface area contributed by atoms with Gasteiger partial charge in [0.05, 0.1) is 0 Å². The summed E-state index contributed by atoms with van der Waals surface area (Å²) >= 11 is 0.